The fraction of sp³-hybridized carbons (Fsp3) is 0.357. The zero-order valence-corrected chi connectivity index (χ0v) is 10.7. The van der Waals surface area contributed by atoms with Crippen LogP contribution in [0.1, 0.15) is 42.3 Å². The molecule has 88 valence electrons. The van der Waals surface area contributed by atoms with Crippen molar-refractivity contribution in [2.75, 3.05) is 0 Å². The van der Waals surface area contributed by atoms with Gasteiger partial charge in [-0.1, -0.05) is 30.3 Å². The Hall–Kier alpha value is -1.19. The van der Waals surface area contributed by atoms with Crippen molar-refractivity contribution >= 4 is 11.3 Å². The maximum absolute atomic E-state index is 6.04. The van der Waals surface area contributed by atoms with Gasteiger partial charge in [0.15, 0.2) is 0 Å². The smallest absolute Gasteiger partial charge is 0.123 e. The van der Waals surface area contributed by atoms with E-state index in [1.54, 1.807) is 11.3 Å². The van der Waals surface area contributed by atoms with Crippen LogP contribution in [-0.4, -0.2) is 4.98 Å². The summed E-state index contributed by atoms with van der Waals surface area (Å²) in [4.78, 5) is 6.07. The van der Waals surface area contributed by atoms with E-state index >= 15 is 0 Å². The van der Waals surface area contributed by atoms with Crippen LogP contribution >= 0.6 is 11.3 Å². The van der Waals surface area contributed by atoms with E-state index in [1.807, 2.05) is 13.0 Å². The van der Waals surface area contributed by atoms with Gasteiger partial charge in [-0.05, 0) is 19.8 Å². The second kappa shape index (κ2) is 4.24. The number of nitrogens with zero attached hydrogens (tertiary/aromatic N) is 1. The molecule has 0 saturated heterocycles. The third kappa shape index (κ3) is 2.13. The van der Waals surface area contributed by atoms with Gasteiger partial charge in [-0.15, -0.1) is 11.3 Å². The second-order valence-electron chi connectivity index (χ2n) is 4.70. The van der Waals surface area contributed by atoms with E-state index in [4.69, 9.17) is 10.7 Å². The first-order valence-electron chi connectivity index (χ1n) is 6.07. The van der Waals surface area contributed by atoms with Crippen LogP contribution in [0.15, 0.2) is 30.3 Å². The highest BCUT2D eigenvalue weighted by Gasteiger charge is 2.30. The van der Waals surface area contributed by atoms with Crippen LogP contribution in [-0.2, 0) is 0 Å². The van der Waals surface area contributed by atoms with Gasteiger partial charge in [0.1, 0.15) is 5.01 Å². The Balaban J connectivity index is 2.04. The number of thiazole rings is 1. The SMILES string of the molecule is CC(N)c1sc(-c2ccccc2)nc1C1CC1. The Labute approximate surface area is 106 Å². The van der Waals surface area contributed by atoms with Crippen LogP contribution in [0, 0.1) is 0 Å². The number of aromatic nitrogens is 1. The van der Waals surface area contributed by atoms with Gasteiger partial charge < -0.3 is 5.73 Å². The fourth-order valence-electron chi connectivity index (χ4n) is 2.02. The highest BCUT2D eigenvalue weighted by Crippen LogP contribution is 2.45. The minimum atomic E-state index is 0.0977. The Morgan fingerprint density at radius 3 is 2.59 bits per heavy atom. The van der Waals surface area contributed by atoms with Crippen molar-refractivity contribution in [2.24, 2.45) is 5.73 Å². The molecule has 1 fully saturated rings. The van der Waals surface area contributed by atoms with Crippen molar-refractivity contribution in [1.29, 1.82) is 0 Å². The molecule has 3 rings (SSSR count). The summed E-state index contributed by atoms with van der Waals surface area (Å²) in [6.45, 7) is 2.05. The first-order chi connectivity index (χ1) is 8.25. The van der Waals surface area contributed by atoms with E-state index in [0.29, 0.717) is 5.92 Å². The standard InChI is InChI=1S/C14H16N2S/c1-9(15)13-12(10-7-8-10)16-14(17-13)11-5-3-2-4-6-11/h2-6,9-10H,7-8,15H2,1H3. The predicted octanol–water partition coefficient (Wildman–Crippen LogP) is 3.71. The molecule has 0 radical (unpaired) electrons. The first kappa shape index (κ1) is 10.9. The van der Waals surface area contributed by atoms with E-state index in [2.05, 4.69) is 24.3 Å². The highest BCUT2D eigenvalue weighted by molar-refractivity contribution is 7.15. The molecule has 2 aromatic rings. The molecule has 3 heteroatoms. The fourth-order valence-corrected chi connectivity index (χ4v) is 3.13. The third-order valence-electron chi connectivity index (χ3n) is 3.08. The van der Waals surface area contributed by atoms with E-state index < -0.39 is 0 Å². The summed E-state index contributed by atoms with van der Waals surface area (Å²) < 4.78 is 0. The average molecular weight is 244 g/mol. The molecular formula is C14H16N2S. The molecule has 1 aliphatic carbocycles. The molecule has 1 unspecified atom stereocenters. The average Bonchev–Trinajstić information content (AvgIpc) is 3.09. The monoisotopic (exact) mass is 244 g/mol. The lowest BCUT2D eigenvalue weighted by molar-refractivity contribution is 0.811. The summed E-state index contributed by atoms with van der Waals surface area (Å²) in [6, 6.07) is 10.5. The Morgan fingerprint density at radius 2 is 2.00 bits per heavy atom. The largest absolute Gasteiger partial charge is 0.323 e. The maximum atomic E-state index is 6.04. The zero-order valence-electron chi connectivity index (χ0n) is 9.89. The number of hydrogen-bond acceptors (Lipinski definition) is 3. The van der Waals surface area contributed by atoms with Gasteiger partial charge in [0, 0.05) is 22.4 Å². The van der Waals surface area contributed by atoms with Crippen molar-refractivity contribution in [1.82, 2.24) is 4.98 Å². The van der Waals surface area contributed by atoms with Gasteiger partial charge in [0.05, 0.1) is 5.69 Å². The van der Waals surface area contributed by atoms with Gasteiger partial charge in [-0.3, -0.25) is 0 Å². The van der Waals surface area contributed by atoms with E-state index in [9.17, 15) is 0 Å². The van der Waals surface area contributed by atoms with Gasteiger partial charge in [-0.2, -0.15) is 0 Å². The van der Waals surface area contributed by atoms with Crippen molar-refractivity contribution in [3.63, 3.8) is 0 Å². The first-order valence-corrected chi connectivity index (χ1v) is 6.89. The highest BCUT2D eigenvalue weighted by atomic mass is 32.1. The van der Waals surface area contributed by atoms with Gasteiger partial charge in [-0.25, -0.2) is 4.98 Å². The Morgan fingerprint density at radius 1 is 1.29 bits per heavy atom. The molecule has 0 aliphatic heterocycles. The van der Waals surface area contributed by atoms with Crippen molar-refractivity contribution in [2.45, 2.75) is 31.7 Å². The molecule has 1 heterocycles. The van der Waals surface area contributed by atoms with Gasteiger partial charge in [0.2, 0.25) is 0 Å². The maximum Gasteiger partial charge on any atom is 0.123 e. The predicted molar refractivity (Wildman–Crippen MR) is 72.1 cm³/mol. The Bertz CT molecular complexity index is 493. The Kier molecular flexibility index (Phi) is 2.73. The molecule has 0 amide bonds. The summed E-state index contributed by atoms with van der Waals surface area (Å²) in [5, 5.41) is 1.11. The second-order valence-corrected chi connectivity index (χ2v) is 5.73. The summed E-state index contributed by atoms with van der Waals surface area (Å²) in [5.41, 5.74) is 8.50. The molecular weight excluding hydrogens is 228 g/mol. The minimum absolute atomic E-state index is 0.0977. The molecule has 0 bridgehead atoms. The van der Waals surface area contributed by atoms with E-state index in [0.717, 1.165) is 5.01 Å². The minimum Gasteiger partial charge on any atom is -0.323 e. The lowest BCUT2D eigenvalue weighted by atomic mass is 10.2. The summed E-state index contributed by atoms with van der Waals surface area (Å²) >= 11 is 1.75. The van der Waals surface area contributed by atoms with Crippen molar-refractivity contribution in [3.8, 4) is 10.6 Å². The van der Waals surface area contributed by atoms with E-state index in [1.165, 1.54) is 29.0 Å². The van der Waals surface area contributed by atoms with E-state index in [-0.39, 0.29) is 6.04 Å². The summed E-state index contributed by atoms with van der Waals surface area (Å²) in [5.74, 6) is 0.671. The summed E-state index contributed by atoms with van der Waals surface area (Å²) in [6.07, 6.45) is 2.55. The van der Waals surface area contributed by atoms with Crippen LogP contribution in [0.2, 0.25) is 0 Å². The molecule has 1 aromatic heterocycles. The summed E-state index contributed by atoms with van der Waals surface area (Å²) in [7, 11) is 0. The van der Waals surface area contributed by atoms with Crippen molar-refractivity contribution in [3.05, 3.63) is 40.9 Å². The number of rotatable bonds is 3. The molecule has 2 N–H and O–H groups in total. The normalized spacial score (nSPS) is 17.1. The van der Waals surface area contributed by atoms with Crippen molar-refractivity contribution < 1.29 is 0 Å². The lowest BCUT2D eigenvalue weighted by Gasteiger charge is -2.02. The number of benzene rings is 1. The van der Waals surface area contributed by atoms with Crippen LogP contribution < -0.4 is 5.73 Å². The molecule has 1 aliphatic rings. The third-order valence-corrected chi connectivity index (χ3v) is 4.40. The van der Waals surface area contributed by atoms with Gasteiger partial charge >= 0.3 is 0 Å². The molecule has 17 heavy (non-hydrogen) atoms. The van der Waals surface area contributed by atoms with Crippen LogP contribution in [0.25, 0.3) is 10.6 Å². The number of nitrogens with two attached hydrogens (primary N) is 1. The quantitative estimate of drug-likeness (QED) is 0.894. The van der Waals surface area contributed by atoms with Crippen LogP contribution in [0.4, 0.5) is 0 Å². The molecule has 0 spiro atoms. The molecule has 1 atom stereocenters. The van der Waals surface area contributed by atoms with Crippen LogP contribution in [0.3, 0.4) is 0 Å². The topological polar surface area (TPSA) is 38.9 Å². The van der Waals surface area contributed by atoms with Gasteiger partial charge in [0.25, 0.3) is 0 Å². The lowest BCUT2D eigenvalue weighted by Crippen LogP contribution is -2.05. The number of hydrogen-bond donors (Lipinski definition) is 1. The molecule has 1 saturated carbocycles. The van der Waals surface area contributed by atoms with Crippen LogP contribution in [0.5, 0.6) is 0 Å². The molecule has 1 aromatic carbocycles. The zero-order chi connectivity index (χ0) is 11.8. The molecule has 2 nitrogen and oxygen atoms in total.